The van der Waals surface area contributed by atoms with Crippen LogP contribution < -0.4 is 16.4 Å². The summed E-state index contributed by atoms with van der Waals surface area (Å²) in [5, 5.41) is 7.42. The molecule has 0 atom stereocenters. The summed E-state index contributed by atoms with van der Waals surface area (Å²) in [5.74, 6) is 0.919. The first-order valence-corrected chi connectivity index (χ1v) is 4.51. The fourth-order valence-corrected chi connectivity index (χ4v) is 1.69. The minimum Gasteiger partial charge on any atom is -0.399 e. The zero-order valence-electron chi connectivity index (χ0n) is 7.54. The molecular formula is C10H10N4. The van der Waals surface area contributed by atoms with E-state index in [0.717, 1.165) is 34.8 Å². The number of nitrogen functional groups attached to an aromatic ring is 1. The number of nitrogens with one attached hydrogen (secondary N) is 2. The smallest absolute Gasteiger partial charge is 0.151 e. The molecule has 1 aliphatic rings. The molecule has 0 unspecified atom stereocenters. The lowest BCUT2D eigenvalue weighted by Gasteiger charge is -2.02. The van der Waals surface area contributed by atoms with E-state index in [-0.39, 0.29) is 0 Å². The van der Waals surface area contributed by atoms with Gasteiger partial charge in [-0.25, -0.2) is 4.98 Å². The van der Waals surface area contributed by atoms with E-state index in [2.05, 4.69) is 21.7 Å². The molecule has 1 aromatic carbocycles. The van der Waals surface area contributed by atoms with E-state index >= 15 is 0 Å². The van der Waals surface area contributed by atoms with Crippen LogP contribution in [0.4, 0.5) is 17.2 Å². The second-order valence-corrected chi connectivity index (χ2v) is 3.37. The van der Waals surface area contributed by atoms with Crippen LogP contribution in [-0.2, 0) is 0 Å². The molecule has 0 spiro atoms. The van der Waals surface area contributed by atoms with Crippen LogP contribution in [0, 0.1) is 0 Å². The fourth-order valence-electron chi connectivity index (χ4n) is 1.69. The highest BCUT2D eigenvalue weighted by Crippen LogP contribution is 2.28. The van der Waals surface area contributed by atoms with Gasteiger partial charge < -0.3 is 16.4 Å². The molecule has 3 rings (SSSR count). The van der Waals surface area contributed by atoms with E-state index in [0.29, 0.717) is 0 Å². The van der Waals surface area contributed by atoms with Gasteiger partial charge in [0, 0.05) is 11.1 Å². The van der Waals surface area contributed by atoms with Gasteiger partial charge in [0.05, 0.1) is 17.9 Å². The van der Waals surface area contributed by atoms with E-state index < -0.39 is 0 Å². The van der Waals surface area contributed by atoms with E-state index in [1.165, 1.54) is 0 Å². The third-order valence-corrected chi connectivity index (χ3v) is 2.37. The first-order valence-electron chi connectivity index (χ1n) is 4.51. The van der Waals surface area contributed by atoms with Crippen LogP contribution in [0.5, 0.6) is 0 Å². The number of fused-ring (bicyclic) bond motifs is 2. The van der Waals surface area contributed by atoms with Crippen molar-refractivity contribution in [2.45, 2.75) is 0 Å². The van der Waals surface area contributed by atoms with Gasteiger partial charge in [0.2, 0.25) is 0 Å². The molecular weight excluding hydrogens is 176 g/mol. The summed E-state index contributed by atoms with van der Waals surface area (Å²) in [5.41, 5.74) is 8.49. The van der Waals surface area contributed by atoms with Crippen molar-refractivity contribution in [3.8, 4) is 0 Å². The van der Waals surface area contributed by atoms with Gasteiger partial charge in [-0.1, -0.05) is 0 Å². The van der Waals surface area contributed by atoms with Crippen molar-refractivity contribution in [3.63, 3.8) is 0 Å². The summed E-state index contributed by atoms with van der Waals surface area (Å²) in [6.07, 6.45) is 0. The number of nitrogens with two attached hydrogens (primary N) is 1. The van der Waals surface area contributed by atoms with Crippen LogP contribution in [0.25, 0.3) is 10.9 Å². The highest BCUT2D eigenvalue weighted by atomic mass is 15.2. The zero-order chi connectivity index (χ0) is 9.54. The predicted molar refractivity (Wildman–Crippen MR) is 58.3 cm³/mol. The average molecular weight is 186 g/mol. The Bertz CT molecular complexity index is 507. The van der Waals surface area contributed by atoms with Gasteiger partial charge >= 0.3 is 0 Å². The minimum absolute atomic E-state index is 0.744. The molecule has 1 aromatic heterocycles. The summed E-state index contributed by atoms with van der Waals surface area (Å²) in [6.45, 7) is 0.744. The molecule has 0 radical (unpaired) electrons. The second-order valence-electron chi connectivity index (χ2n) is 3.37. The van der Waals surface area contributed by atoms with Crippen molar-refractivity contribution >= 4 is 28.1 Å². The van der Waals surface area contributed by atoms with Crippen molar-refractivity contribution < 1.29 is 0 Å². The number of hydrogen-bond donors (Lipinski definition) is 3. The number of hydrogen-bond acceptors (Lipinski definition) is 4. The lowest BCUT2D eigenvalue weighted by Crippen LogP contribution is -1.99. The number of benzene rings is 1. The third kappa shape index (κ3) is 0.970. The SMILES string of the molecule is Nc1ccc2nc3c(cc2c1)NCN3. The lowest BCUT2D eigenvalue weighted by atomic mass is 10.2. The van der Waals surface area contributed by atoms with Crippen molar-refractivity contribution in [1.82, 2.24) is 4.98 Å². The Labute approximate surface area is 81.1 Å². The molecule has 70 valence electrons. The Kier molecular flexibility index (Phi) is 1.33. The molecule has 0 aliphatic carbocycles. The van der Waals surface area contributed by atoms with Gasteiger partial charge in [0.1, 0.15) is 0 Å². The van der Waals surface area contributed by atoms with E-state index in [1.807, 2.05) is 18.2 Å². The number of nitrogens with zero attached hydrogens (tertiary/aromatic N) is 1. The average Bonchev–Trinajstić information content (AvgIpc) is 2.61. The van der Waals surface area contributed by atoms with Crippen LogP contribution in [0.15, 0.2) is 24.3 Å². The highest BCUT2D eigenvalue weighted by molar-refractivity contribution is 5.89. The van der Waals surface area contributed by atoms with Gasteiger partial charge in [-0.15, -0.1) is 0 Å². The number of anilines is 3. The number of rotatable bonds is 0. The van der Waals surface area contributed by atoms with E-state index in [1.54, 1.807) is 0 Å². The Hall–Kier alpha value is -1.97. The quantitative estimate of drug-likeness (QED) is 0.547. The maximum Gasteiger partial charge on any atom is 0.151 e. The zero-order valence-corrected chi connectivity index (χ0v) is 7.54. The number of aromatic nitrogens is 1. The predicted octanol–water partition coefficient (Wildman–Crippen LogP) is 1.61. The maximum atomic E-state index is 5.71. The first-order chi connectivity index (χ1) is 6.83. The lowest BCUT2D eigenvalue weighted by molar-refractivity contribution is 1.28. The second kappa shape index (κ2) is 2.51. The summed E-state index contributed by atoms with van der Waals surface area (Å²) in [6, 6.07) is 7.80. The van der Waals surface area contributed by atoms with Gasteiger partial charge in [-0.3, -0.25) is 0 Å². The van der Waals surface area contributed by atoms with Crippen LogP contribution in [-0.4, -0.2) is 11.7 Å². The van der Waals surface area contributed by atoms with Gasteiger partial charge in [0.25, 0.3) is 0 Å². The van der Waals surface area contributed by atoms with Crippen molar-refractivity contribution in [2.75, 3.05) is 23.0 Å². The molecule has 0 saturated carbocycles. The molecule has 0 fully saturated rings. The Morgan fingerprint density at radius 3 is 3.07 bits per heavy atom. The maximum absolute atomic E-state index is 5.71. The molecule has 0 bridgehead atoms. The summed E-state index contributed by atoms with van der Waals surface area (Å²) < 4.78 is 0. The molecule has 4 heteroatoms. The van der Waals surface area contributed by atoms with Crippen molar-refractivity contribution in [3.05, 3.63) is 24.3 Å². The normalized spacial score (nSPS) is 13.4. The Morgan fingerprint density at radius 2 is 2.14 bits per heavy atom. The third-order valence-electron chi connectivity index (χ3n) is 2.37. The minimum atomic E-state index is 0.744. The topological polar surface area (TPSA) is 63.0 Å². The Balaban J connectivity index is 2.33. The standard InChI is InChI=1S/C10H10N4/c11-7-1-2-8-6(3-7)4-9-10(14-8)13-5-12-9/h1-4,12H,5,11H2,(H,13,14). The highest BCUT2D eigenvalue weighted by Gasteiger charge is 2.11. The monoisotopic (exact) mass is 186 g/mol. The van der Waals surface area contributed by atoms with E-state index in [9.17, 15) is 0 Å². The summed E-state index contributed by atoms with van der Waals surface area (Å²) in [7, 11) is 0. The van der Waals surface area contributed by atoms with Crippen LogP contribution in [0.1, 0.15) is 0 Å². The number of pyridine rings is 1. The molecule has 4 N–H and O–H groups in total. The molecule has 14 heavy (non-hydrogen) atoms. The summed E-state index contributed by atoms with van der Waals surface area (Å²) in [4.78, 5) is 4.47. The van der Waals surface area contributed by atoms with Crippen molar-refractivity contribution in [2.24, 2.45) is 0 Å². The molecule has 4 nitrogen and oxygen atoms in total. The largest absolute Gasteiger partial charge is 0.399 e. The van der Waals surface area contributed by atoms with Gasteiger partial charge in [-0.2, -0.15) is 0 Å². The molecule has 0 amide bonds. The fraction of sp³-hybridized carbons (Fsp3) is 0.100. The summed E-state index contributed by atoms with van der Waals surface area (Å²) >= 11 is 0. The Morgan fingerprint density at radius 1 is 1.21 bits per heavy atom. The van der Waals surface area contributed by atoms with E-state index in [4.69, 9.17) is 5.73 Å². The van der Waals surface area contributed by atoms with Crippen LogP contribution in [0.3, 0.4) is 0 Å². The van der Waals surface area contributed by atoms with Crippen LogP contribution >= 0.6 is 0 Å². The molecule has 2 aromatic rings. The molecule has 0 saturated heterocycles. The van der Waals surface area contributed by atoms with Crippen LogP contribution in [0.2, 0.25) is 0 Å². The van der Waals surface area contributed by atoms with Crippen molar-refractivity contribution in [1.29, 1.82) is 0 Å². The molecule has 1 aliphatic heterocycles. The molecule has 2 heterocycles. The van der Waals surface area contributed by atoms with Gasteiger partial charge in [0.15, 0.2) is 5.82 Å². The van der Waals surface area contributed by atoms with Gasteiger partial charge in [-0.05, 0) is 24.3 Å². The first kappa shape index (κ1) is 7.44.